The van der Waals surface area contributed by atoms with Crippen LogP contribution in [0.5, 0.6) is 11.5 Å². The second-order valence-corrected chi connectivity index (χ2v) is 9.31. The molecule has 1 aromatic heterocycles. The lowest BCUT2D eigenvalue weighted by Crippen LogP contribution is -2.33. The molecule has 6 heteroatoms. The first kappa shape index (κ1) is 14.9. The molecule has 5 atom stereocenters. The Kier molecular flexibility index (Phi) is 3.29. The first-order valence-corrected chi connectivity index (χ1v) is 10.1. The first-order chi connectivity index (χ1) is 11.7. The number of phenols is 1. The Balaban J connectivity index is 1.68. The van der Waals surface area contributed by atoms with E-state index >= 15 is 0 Å². The van der Waals surface area contributed by atoms with Crippen LogP contribution < -0.4 is 9.61 Å². The molecule has 1 aliphatic heterocycles. The fourth-order valence-corrected chi connectivity index (χ4v) is 8.00. The molecule has 2 saturated carbocycles. The van der Waals surface area contributed by atoms with Gasteiger partial charge >= 0.3 is 4.87 Å². The van der Waals surface area contributed by atoms with Gasteiger partial charge in [-0.1, -0.05) is 17.4 Å². The van der Waals surface area contributed by atoms with Crippen molar-refractivity contribution in [1.29, 1.82) is 0 Å². The summed E-state index contributed by atoms with van der Waals surface area (Å²) in [5.41, 5.74) is 1.16. The molecule has 0 unspecified atom stereocenters. The molecule has 2 bridgehead atoms. The highest BCUT2D eigenvalue weighted by molar-refractivity contribution is 8.00. The highest BCUT2D eigenvalue weighted by Crippen LogP contribution is 2.63. The monoisotopic (exact) mass is 361 g/mol. The van der Waals surface area contributed by atoms with Gasteiger partial charge in [0.2, 0.25) is 0 Å². The van der Waals surface area contributed by atoms with Gasteiger partial charge in [0.05, 0.1) is 12.1 Å². The summed E-state index contributed by atoms with van der Waals surface area (Å²) in [5, 5.41) is 11.6. The molecular weight excluding hydrogens is 342 g/mol. The molecule has 0 amide bonds. The minimum atomic E-state index is 0.0376. The van der Waals surface area contributed by atoms with Crippen molar-refractivity contribution in [3.05, 3.63) is 38.3 Å². The Morgan fingerprint density at radius 1 is 1.29 bits per heavy atom. The number of ether oxygens (including phenoxy) is 1. The quantitative estimate of drug-likeness (QED) is 0.854. The van der Waals surface area contributed by atoms with Crippen molar-refractivity contribution < 1.29 is 9.84 Å². The fraction of sp³-hybridized carbons (Fsp3) is 0.500. The van der Waals surface area contributed by atoms with Gasteiger partial charge in [-0.2, -0.15) is 0 Å². The number of benzene rings is 1. The van der Waals surface area contributed by atoms with E-state index in [9.17, 15) is 9.90 Å². The lowest BCUT2D eigenvalue weighted by atomic mass is 9.75. The van der Waals surface area contributed by atoms with Gasteiger partial charge < -0.3 is 14.8 Å². The topological polar surface area (TPSA) is 62.3 Å². The number of fused-ring (bicyclic) bond motifs is 6. The zero-order valence-electron chi connectivity index (χ0n) is 13.3. The van der Waals surface area contributed by atoms with Crippen LogP contribution in [-0.4, -0.2) is 22.5 Å². The van der Waals surface area contributed by atoms with E-state index in [2.05, 4.69) is 4.98 Å². The van der Waals surface area contributed by atoms with Crippen molar-refractivity contribution in [2.24, 2.45) is 17.8 Å². The molecule has 126 valence electrons. The summed E-state index contributed by atoms with van der Waals surface area (Å²) in [6.45, 7) is 0. The zero-order valence-corrected chi connectivity index (χ0v) is 15.0. The van der Waals surface area contributed by atoms with Gasteiger partial charge in [0.15, 0.2) is 11.5 Å². The van der Waals surface area contributed by atoms with Crippen molar-refractivity contribution in [3.63, 3.8) is 0 Å². The number of phenolic OH excluding ortho intramolecular Hbond substituents is 1. The van der Waals surface area contributed by atoms with E-state index in [4.69, 9.17) is 4.74 Å². The standard InChI is InChI=1S/C18H19NO3S2/c1-22-12-7-9(4-5-11(12)20)14-13-8-2-3-10(6-8)15(13)23-17-16(14)24-18(21)19-17/h4-5,7-8,10,13-15,20H,2-3,6H2,1H3,(H,19,21)/t8-,10+,13+,14-,15+/m0/s1. The number of aromatic nitrogens is 1. The summed E-state index contributed by atoms with van der Waals surface area (Å²) in [6, 6.07) is 5.66. The van der Waals surface area contributed by atoms with Gasteiger partial charge in [-0.05, 0) is 54.7 Å². The second-order valence-electron chi connectivity index (χ2n) is 7.11. The SMILES string of the molecule is COc1cc([C@@H]2c3sc(=O)[nH]c3S[C@@H]3[C@@H]4CC[C@@H](C4)[C@H]23)ccc1O. The van der Waals surface area contributed by atoms with E-state index < -0.39 is 0 Å². The number of methoxy groups -OCH3 is 1. The number of H-pyrrole nitrogens is 1. The molecule has 2 fully saturated rings. The summed E-state index contributed by atoms with van der Waals surface area (Å²) >= 11 is 3.25. The second kappa shape index (κ2) is 5.30. The molecule has 2 N–H and O–H groups in total. The number of aromatic hydroxyl groups is 1. The summed E-state index contributed by atoms with van der Waals surface area (Å²) in [4.78, 5) is 16.3. The molecule has 0 saturated heterocycles. The van der Waals surface area contributed by atoms with Crippen molar-refractivity contribution in [2.45, 2.75) is 35.5 Å². The maximum Gasteiger partial charge on any atom is 0.305 e. The van der Waals surface area contributed by atoms with Crippen LogP contribution in [0.25, 0.3) is 0 Å². The van der Waals surface area contributed by atoms with E-state index in [0.717, 1.165) is 22.4 Å². The van der Waals surface area contributed by atoms with Crippen molar-refractivity contribution in [1.82, 2.24) is 4.98 Å². The zero-order chi connectivity index (χ0) is 16.4. The minimum Gasteiger partial charge on any atom is -0.504 e. The highest BCUT2D eigenvalue weighted by Gasteiger charge is 2.54. The average Bonchev–Trinajstić information content (AvgIpc) is 3.26. The Labute approximate surface area is 148 Å². The first-order valence-electron chi connectivity index (χ1n) is 8.42. The molecule has 4 nitrogen and oxygen atoms in total. The highest BCUT2D eigenvalue weighted by atomic mass is 32.2. The van der Waals surface area contributed by atoms with Crippen molar-refractivity contribution in [3.8, 4) is 11.5 Å². The lowest BCUT2D eigenvalue weighted by Gasteiger charge is -2.40. The van der Waals surface area contributed by atoms with Crippen LogP contribution in [0.3, 0.4) is 0 Å². The third-order valence-corrected chi connectivity index (χ3v) is 8.65. The van der Waals surface area contributed by atoms with Crippen LogP contribution in [0, 0.1) is 17.8 Å². The van der Waals surface area contributed by atoms with Gasteiger partial charge in [-0.3, -0.25) is 4.79 Å². The van der Waals surface area contributed by atoms with Crippen LogP contribution >= 0.6 is 23.1 Å². The van der Waals surface area contributed by atoms with Gasteiger partial charge in [0, 0.05) is 16.0 Å². The number of nitrogens with one attached hydrogen (secondary N) is 1. The summed E-state index contributed by atoms with van der Waals surface area (Å²) < 4.78 is 5.32. The summed E-state index contributed by atoms with van der Waals surface area (Å²) in [6.07, 6.45) is 3.97. The maximum absolute atomic E-state index is 12.0. The minimum absolute atomic E-state index is 0.0376. The van der Waals surface area contributed by atoms with Crippen molar-refractivity contribution in [2.75, 3.05) is 7.11 Å². The number of rotatable bonds is 2. The molecular formula is C18H19NO3S2. The predicted octanol–water partition coefficient (Wildman–Crippen LogP) is 3.80. The molecule has 3 aliphatic rings. The van der Waals surface area contributed by atoms with Crippen LogP contribution in [0.1, 0.15) is 35.6 Å². The van der Waals surface area contributed by atoms with Gasteiger partial charge in [-0.25, -0.2) is 0 Å². The smallest absolute Gasteiger partial charge is 0.305 e. The number of thiazole rings is 1. The van der Waals surface area contributed by atoms with Crippen LogP contribution in [0.4, 0.5) is 0 Å². The Morgan fingerprint density at radius 2 is 2.12 bits per heavy atom. The normalized spacial score (nSPS) is 33.3. The Hall–Kier alpha value is -1.40. The number of aromatic amines is 1. The molecule has 0 radical (unpaired) electrons. The average molecular weight is 361 g/mol. The number of hydrogen-bond acceptors (Lipinski definition) is 5. The van der Waals surface area contributed by atoms with Crippen LogP contribution in [0.2, 0.25) is 0 Å². The van der Waals surface area contributed by atoms with E-state index in [-0.39, 0.29) is 16.5 Å². The molecule has 2 heterocycles. The molecule has 5 rings (SSSR count). The van der Waals surface area contributed by atoms with Crippen molar-refractivity contribution >= 4 is 23.1 Å². The van der Waals surface area contributed by atoms with Gasteiger partial charge in [0.25, 0.3) is 0 Å². The van der Waals surface area contributed by atoms with Crippen LogP contribution in [0.15, 0.2) is 28.0 Å². The summed E-state index contributed by atoms with van der Waals surface area (Å²) in [7, 11) is 1.58. The van der Waals surface area contributed by atoms with Gasteiger partial charge in [0.1, 0.15) is 0 Å². The number of thioether (sulfide) groups is 1. The Morgan fingerprint density at radius 3 is 2.96 bits per heavy atom. The lowest BCUT2D eigenvalue weighted by molar-refractivity contribution is 0.306. The summed E-state index contributed by atoms with van der Waals surface area (Å²) in [5.74, 6) is 3.03. The fourth-order valence-electron chi connectivity index (χ4n) is 5.11. The third-order valence-electron chi connectivity index (χ3n) is 6.03. The van der Waals surface area contributed by atoms with E-state index in [1.165, 1.54) is 35.5 Å². The van der Waals surface area contributed by atoms with E-state index in [0.29, 0.717) is 16.9 Å². The Bertz CT molecular complexity index is 858. The molecule has 0 spiro atoms. The maximum atomic E-state index is 12.0. The third kappa shape index (κ3) is 2.02. The largest absolute Gasteiger partial charge is 0.504 e. The van der Waals surface area contributed by atoms with E-state index in [1.807, 2.05) is 23.9 Å². The van der Waals surface area contributed by atoms with E-state index in [1.54, 1.807) is 13.2 Å². The molecule has 2 aromatic rings. The molecule has 1 aromatic carbocycles. The predicted molar refractivity (Wildman–Crippen MR) is 95.4 cm³/mol. The van der Waals surface area contributed by atoms with Crippen LogP contribution in [-0.2, 0) is 0 Å². The molecule has 24 heavy (non-hydrogen) atoms. The van der Waals surface area contributed by atoms with Gasteiger partial charge in [-0.15, -0.1) is 11.8 Å². The molecule has 2 aliphatic carbocycles. The number of hydrogen-bond donors (Lipinski definition) is 2.